The number of benzene rings is 1. The number of rotatable bonds is 5. The van der Waals surface area contributed by atoms with Crippen LogP contribution in [0.1, 0.15) is 56.5 Å². The van der Waals surface area contributed by atoms with Gasteiger partial charge in [0, 0.05) is 23.2 Å². The van der Waals surface area contributed by atoms with E-state index in [4.69, 9.17) is 4.74 Å². The number of thiazole rings is 1. The number of anilines is 1. The molecular weight excluding hydrogens is 436 g/mol. The van der Waals surface area contributed by atoms with E-state index >= 15 is 0 Å². The molecule has 172 valence electrons. The molecule has 2 aromatic heterocycles. The van der Waals surface area contributed by atoms with Crippen molar-refractivity contribution >= 4 is 28.5 Å². The summed E-state index contributed by atoms with van der Waals surface area (Å²) in [6.07, 6.45) is 4.08. The Hall–Kier alpha value is -3.26. The van der Waals surface area contributed by atoms with E-state index in [0.29, 0.717) is 18.0 Å². The lowest BCUT2D eigenvalue weighted by atomic mass is 9.93. The van der Waals surface area contributed by atoms with Gasteiger partial charge < -0.3 is 10.1 Å². The van der Waals surface area contributed by atoms with Gasteiger partial charge in [0.05, 0.1) is 11.7 Å². The maximum absolute atomic E-state index is 13.2. The SMILES string of the molecule is CC(C)(C)c1csc(NC(=O)C2CCC(c3ccncc3)N2C(=O)OCc2ccccc2)n1. The molecule has 8 heteroatoms. The summed E-state index contributed by atoms with van der Waals surface area (Å²) in [5.41, 5.74) is 2.64. The quantitative estimate of drug-likeness (QED) is 0.553. The number of amides is 2. The third-order valence-electron chi connectivity index (χ3n) is 5.70. The van der Waals surface area contributed by atoms with Crippen LogP contribution >= 0.6 is 11.3 Å². The van der Waals surface area contributed by atoms with Crippen molar-refractivity contribution in [1.82, 2.24) is 14.9 Å². The van der Waals surface area contributed by atoms with Crippen LogP contribution in [-0.4, -0.2) is 32.9 Å². The smallest absolute Gasteiger partial charge is 0.411 e. The molecule has 2 amide bonds. The van der Waals surface area contributed by atoms with Crippen molar-refractivity contribution in [3.8, 4) is 0 Å². The molecular formula is C25H28N4O3S. The lowest BCUT2D eigenvalue weighted by molar-refractivity contribution is -0.120. The van der Waals surface area contributed by atoms with E-state index in [1.54, 1.807) is 17.3 Å². The van der Waals surface area contributed by atoms with Gasteiger partial charge in [-0.25, -0.2) is 9.78 Å². The van der Waals surface area contributed by atoms with Crippen molar-refractivity contribution in [3.05, 3.63) is 77.1 Å². The van der Waals surface area contributed by atoms with Crippen LogP contribution in [0.2, 0.25) is 0 Å². The minimum atomic E-state index is -0.645. The van der Waals surface area contributed by atoms with Crippen molar-refractivity contribution in [2.75, 3.05) is 5.32 Å². The molecule has 0 radical (unpaired) electrons. The molecule has 2 atom stereocenters. The normalized spacial score (nSPS) is 18.2. The number of likely N-dealkylation sites (tertiary alicyclic amines) is 1. The predicted octanol–water partition coefficient (Wildman–Crippen LogP) is 5.32. The molecule has 1 N–H and O–H groups in total. The molecule has 4 rings (SSSR count). The molecule has 1 fully saturated rings. The zero-order valence-electron chi connectivity index (χ0n) is 19.0. The topological polar surface area (TPSA) is 84.4 Å². The largest absolute Gasteiger partial charge is 0.445 e. The molecule has 7 nitrogen and oxygen atoms in total. The third-order valence-corrected chi connectivity index (χ3v) is 6.46. The summed E-state index contributed by atoms with van der Waals surface area (Å²) < 4.78 is 5.62. The Morgan fingerprint density at radius 2 is 1.85 bits per heavy atom. The van der Waals surface area contributed by atoms with Crippen LogP contribution in [0, 0.1) is 0 Å². The fourth-order valence-corrected chi connectivity index (χ4v) is 4.83. The van der Waals surface area contributed by atoms with Gasteiger partial charge in [-0.3, -0.25) is 14.7 Å². The first-order valence-corrected chi connectivity index (χ1v) is 11.9. The number of carbonyl (C=O) groups excluding carboxylic acids is 2. The van der Waals surface area contributed by atoms with E-state index < -0.39 is 12.1 Å². The molecule has 0 bridgehead atoms. The first-order chi connectivity index (χ1) is 15.8. The minimum Gasteiger partial charge on any atom is -0.445 e. The second kappa shape index (κ2) is 9.70. The summed E-state index contributed by atoms with van der Waals surface area (Å²) in [5.74, 6) is -0.252. The van der Waals surface area contributed by atoms with Crippen LogP contribution in [0.5, 0.6) is 0 Å². The molecule has 0 saturated carbocycles. The van der Waals surface area contributed by atoms with Gasteiger partial charge in [0.2, 0.25) is 5.91 Å². The second-order valence-corrected chi connectivity index (χ2v) is 9.97. The Bertz CT molecular complexity index is 1100. The Labute approximate surface area is 197 Å². The van der Waals surface area contributed by atoms with Gasteiger partial charge in [-0.15, -0.1) is 11.3 Å². The fourth-order valence-electron chi connectivity index (χ4n) is 3.89. The van der Waals surface area contributed by atoms with Crippen LogP contribution in [-0.2, 0) is 21.6 Å². The van der Waals surface area contributed by atoms with Gasteiger partial charge >= 0.3 is 6.09 Å². The van der Waals surface area contributed by atoms with Crippen molar-refractivity contribution < 1.29 is 14.3 Å². The number of nitrogens with zero attached hydrogens (tertiary/aromatic N) is 3. The number of hydrogen-bond donors (Lipinski definition) is 1. The van der Waals surface area contributed by atoms with E-state index in [1.165, 1.54) is 11.3 Å². The van der Waals surface area contributed by atoms with Crippen molar-refractivity contribution in [2.45, 2.75) is 57.7 Å². The number of carbonyl (C=O) groups is 2. The van der Waals surface area contributed by atoms with Gasteiger partial charge in [-0.2, -0.15) is 0 Å². The Morgan fingerprint density at radius 1 is 1.12 bits per heavy atom. The van der Waals surface area contributed by atoms with Crippen LogP contribution in [0.15, 0.2) is 60.2 Å². The first-order valence-electron chi connectivity index (χ1n) is 11.0. The molecule has 3 heterocycles. The van der Waals surface area contributed by atoms with Gasteiger partial charge in [0.25, 0.3) is 0 Å². The molecule has 1 aliphatic rings. The standard InChI is InChI=1S/C25H28N4O3S/c1-25(2,3)21-16-33-23(27-21)28-22(30)20-10-9-19(18-11-13-26-14-12-18)29(20)24(31)32-15-17-7-5-4-6-8-17/h4-8,11-14,16,19-20H,9-10,15H2,1-3H3,(H,27,28,30). The monoisotopic (exact) mass is 464 g/mol. The highest BCUT2D eigenvalue weighted by atomic mass is 32.1. The van der Waals surface area contributed by atoms with Gasteiger partial charge in [0.15, 0.2) is 5.13 Å². The Morgan fingerprint density at radius 3 is 2.52 bits per heavy atom. The molecule has 33 heavy (non-hydrogen) atoms. The van der Waals surface area contributed by atoms with E-state index in [1.807, 2.05) is 47.8 Å². The second-order valence-electron chi connectivity index (χ2n) is 9.11. The molecule has 1 saturated heterocycles. The van der Waals surface area contributed by atoms with Crippen LogP contribution in [0.25, 0.3) is 0 Å². The number of hydrogen-bond acceptors (Lipinski definition) is 6. The lowest BCUT2D eigenvalue weighted by Crippen LogP contribution is -2.44. The number of pyridine rings is 1. The van der Waals surface area contributed by atoms with E-state index in [2.05, 4.69) is 36.1 Å². The highest BCUT2D eigenvalue weighted by Gasteiger charge is 2.43. The molecule has 1 aromatic carbocycles. The van der Waals surface area contributed by atoms with Gasteiger partial charge in [-0.1, -0.05) is 51.1 Å². The summed E-state index contributed by atoms with van der Waals surface area (Å²) in [6.45, 7) is 6.38. The summed E-state index contributed by atoms with van der Waals surface area (Å²) in [4.78, 5) is 36.6. The summed E-state index contributed by atoms with van der Waals surface area (Å²) >= 11 is 1.39. The fraction of sp³-hybridized carbons (Fsp3) is 0.360. The highest BCUT2D eigenvalue weighted by molar-refractivity contribution is 7.14. The minimum absolute atomic E-state index is 0.105. The summed E-state index contributed by atoms with van der Waals surface area (Å²) in [7, 11) is 0. The third kappa shape index (κ3) is 5.39. The summed E-state index contributed by atoms with van der Waals surface area (Å²) in [6, 6.07) is 12.4. The van der Waals surface area contributed by atoms with E-state index in [9.17, 15) is 9.59 Å². The number of aromatic nitrogens is 2. The average Bonchev–Trinajstić information content (AvgIpc) is 3.46. The molecule has 0 aliphatic carbocycles. The Balaban J connectivity index is 1.53. The van der Waals surface area contributed by atoms with E-state index in [0.717, 1.165) is 16.8 Å². The number of nitrogens with one attached hydrogen (secondary N) is 1. The van der Waals surface area contributed by atoms with Crippen LogP contribution in [0.3, 0.4) is 0 Å². The zero-order valence-corrected chi connectivity index (χ0v) is 19.8. The maximum Gasteiger partial charge on any atom is 0.411 e. The zero-order chi connectivity index (χ0) is 23.4. The predicted molar refractivity (Wildman–Crippen MR) is 128 cm³/mol. The average molecular weight is 465 g/mol. The molecule has 2 unspecified atom stereocenters. The Kier molecular flexibility index (Phi) is 6.74. The van der Waals surface area contributed by atoms with Crippen molar-refractivity contribution in [1.29, 1.82) is 0 Å². The van der Waals surface area contributed by atoms with Crippen molar-refractivity contribution in [3.63, 3.8) is 0 Å². The highest BCUT2D eigenvalue weighted by Crippen LogP contribution is 2.37. The first kappa shape index (κ1) is 22.9. The molecule has 1 aliphatic heterocycles. The molecule has 3 aromatic rings. The maximum atomic E-state index is 13.2. The number of ether oxygens (including phenoxy) is 1. The van der Waals surface area contributed by atoms with Gasteiger partial charge in [0.1, 0.15) is 12.6 Å². The molecule has 0 spiro atoms. The lowest BCUT2D eigenvalue weighted by Gasteiger charge is -2.29. The van der Waals surface area contributed by atoms with Crippen molar-refractivity contribution in [2.24, 2.45) is 0 Å². The van der Waals surface area contributed by atoms with Crippen LogP contribution < -0.4 is 5.32 Å². The summed E-state index contributed by atoms with van der Waals surface area (Å²) in [5, 5.41) is 5.40. The van der Waals surface area contributed by atoms with Crippen LogP contribution in [0.4, 0.5) is 9.93 Å². The van der Waals surface area contributed by atoms with Gasteiger partial charge in [-0.05, 0) is 36.1 Å². The van der Waals surface area contributed by atoms with E-state index in [-0.39, 0.29) is 24.0 Å².